The van der Waals surface area contributed by atoms with Crippen molar-refractivity contribution in [2.75, 3.05) is 31.7 Å². The van der Waals surface area contributed by atoms with Crippen molar-refractivity contribution in [2.45, 2.75) is 37.5 Å². The summed E-state index contributed by atoms with van der Waals surface area (Å²) in [6.07, 6.45) is 3.50. The number of rotatable bonds is 2. The molecule has 27 heavy (non-hydrogen) atoms. The van der Waals surface area contributed by atoms with Gasteiger partial charge in [0.2, 0.25) is 0 Å². The number of hydrogen-bond donors (Lipinski definition) is 2. The lowest BCUT2D eigenvalue weighted by Gasteiger charge is -2.46. The van der Waals surface area contributed by atoms with E-state index in [1.165, 1.54) is 41.8 Å². The molecule has 2 N–H and O–H groups in total. The van der Waals surface area contributed by atoms with Crippen LogP contribution in [-0.4, -0.2) is 37.3 Å². The molecule has 0 spiro atoms. The van der Waals surface area contributed by atoms with E-state index in [1.54, 1.807) is 0 Å². The third kappa shape index (κ3) is 2.68. The van der Waals surface area contributed by atoms with Gasteiger partial charge in [-0.15, -0.1) is 0 Å². The summed E-state index contributed by atoms with van der Waals surface area (Å²) in [5.74, 6) is 1.75. The predicted octanol–water partition coefficient (Wildman–Crippen LogP) is 3.23. The molecule has 4 atom stereocenters. The lowest BCUT2D eigenvalue weighted by atomic mass is 9.89. The summed E-state index contributed by atoms with van der Waals surface area (Å²) in [5, 5.41) is 7.05. The number of nitrogens with one attached hydrogen (secondary N) is 2. The van der Waals surface area contributed by atoms with Gasteiger partial charge in [0.1, 0.15) is 6.61 Å². The molecule has 5 heterocycles. The highest BCUT2D eigenvalue weighted by Crippen LogP contribution is 2.42. The molecule has 140 valence electrons. The normalized spacial score (nSPS) is 30.7. The Morgan fingerprint density at radius 3 is 2.85 bits per heavy atom. The monoisotopic (exact) mass is 363 g/mol. The first-order valence-electron chi connectivity index (χ1n) is 10.1. The molecule has 2 bridgehead atoms. The van der Waals surface area contributed by atoms with Crippen LogP contribution in [0, 0.1) is 0 Å². The Morgan fingerprint density at radius 1 is 1.04 bits per heavy atom. The molecular formula is C22H25N3O2. The zero-order chi connectivity index (χ0) is 17.8. The number of piperidine rings is 1. The molecule has 3 fully saturated rings. The van der Waals surface area contributed by atoms with E-state index in [4.69, 9.17) is 9.47 Å². The van der Waals surface area contributed by atoms with Gasteiger partial charge < -0.3 is 20.1 Å². The largest absolute Gasteiger partial charge is 0.485 e. The Morgan fingerprint density at radius 2 is 2.00 bits per heavy atom. The standard InChI is InChI=1S/C22H25N3O2/c1-2-16(9-18-14(1)5-7-23-18)22-12-26-20-4-3-15(10-21(20)27-22)19-11-17-6-8-25(19)13-24-17/h1-4,9-10,17,19,22-24H,5-8,11-13H2. The Bertz CT molecular complexity index is 876. The fourth-order valence-corrected chi connectivity index (χ4v) is 4.95. The molecule has 5 heteroatoms. The van der Waals surface area contributed by atoms with E-state index in [0.717, 1.165) is 31.1 Å². The second kappa shape index (κ2) is 6.14. The molecule has 0 aromatic heterocycles. The summed E-state index contributed by atoms with van der Waals surface area (Å²) in [7, 11) is 0. The topological polar surface area (TPSA) is 45.8 Å². The highest BCUT2D eigenvalue weighted by Gasteiger charge is 2.35. The molecule has 4 unspecified atom stereocenters. The van der Waals surface area contributed by atoms with Crippen molar-refractivity contribution in [3.05, 3.63) is 53.1 Å². The smallest absolute Gasteiger partial charge is 0.162 e. The molecule has 5 nitrogen and oxygen atoms in total. The highest BCUT2D eigenvalue weighted by molar-refractivity contribution is 5.57. The first kappa shape index (κ1) is 15.8. The van der Waals surface area contributed by atoms with Crippen LogP contribution in [0.15, 0.2) is 36.4 Å². The first-order valence-corrected chi connectivity index (χ1v) is 10.1. The molecule has 0 saturated carbocycles. The molecular weight excluding hydrogens is 338 g/mol. The van der Waals surface area contributed by atoms with Gasteiger partial charge >= 0.3 is 0 Å². The van der Waals surface area contributed by atoms with Crippen molar-refractivity contribution in [3.63, 3.8) is 0 Å². The van der Waals surface area contributed by atoms with Crippen molar-refractivity contribution in [3.8, 4) is 11.5 Å². The van der Waals surface area contributed by atoms with Crippen LogP contribution >= 0.6 is 0 Å². The molecule has 0 radical (unpaired) electrons. The Labute approximate surface area is 159 Å². The van der Waals surface area contributed by atoms with Gasteiger partial charge in [0.15, 0.2) is 17.6 Å². The number of benzene rings is 2. The SMILES string of the molecule is c1cc2c(cc1C1COc3ccc(C4CC5CCN4CN5)cc3O1)NCC2. The fourth-order valence-electron chi connectivity index (χ4n) is 4.95. The molecule has 0 aliphatic carbocycles. The van der Waals surface area contributed by atoms with Crippen LogP contribution in [0.5, 0.6) is 11.5 Å². The number of hydrogen-bond acceptors (Lipinski definition) is 5. The predicted molar refractivity (Wildman–Crippen MR) is 104 cm³/mol. The molecule has 5 aliphatic heterocycles. The minimum Gasteiger partial charge on any atom is -0.485 e. The zero-order valence-corrected chi connectivity index (χ0v) is 15.4. The van der Waals surface area contributed by atoms with E-state index in [2.05, 4.69) is 51.9 Å². The zero-order valence-electron chi connectivity index (χ0n) is 15.4. The molecule has 2 aromatic carbocycles. The van der Waals surface area contributed by atoms with E-state index >= 15 is 0 Å². The van der Waals surface area contributed by atoms with Crippen LogP contribution in [0.1, 0.15) is 41.7 Å². The summed E-state index contributed by atoms with van der Waals surface area (Å²) >= 11 is 0. The van der Waals surface area contributed by atoms with Crippen LogP contribution in [0.25, 0.3) is 0 Å². The van der Waals surface area contributed by atoms with E-state index in [0.29, 0.717) is 18.7 Å². The average Bonchev–Trinajstić information content (AvgIpc) is 3.21. The Kier molecular flexibility index (Phi) is 3.59. The minimum atomic E-state index is -0.0507. The molecule has 0 amide bonds. The van der Waals surface area contributed by atoms with Crippen molar-refractivity contribution >= 4 is 5.69 Å². The van der Waals surface area contributed by atoms with Gasteiger partial charge in [0.25, 0.3) is 0 Å². The van der Waals surface area contributed by atoms with Gasteiger partial charge in [-0.2, -0.15) is 0 Å². The molecule has 7 rings (SSSR count). The number of nitrogens with zero attached hydrogens (tertiary/aromatic N) is 1. The summed E-state index contributed by atoms with van der Waals surface area (Å²) < 4.78 is 12.4. The highest BCUT2D eigenvalue weighted by atomic mass is 16.6. The number of fused-ring (bicyclic) bond motifs is 5. The first-order chi connectivity index (χ1) is 13.3. The van der Waals surface area contributed by atoms with E-state index in [9.17, 15) is 0 Å². The second-order valence-electron chi connectivity index (χ2n) is 8.13. The van der Waals surface area contributed by atoms with Gasteiger partial charge in [0.05, 0.1) is 0 Å². The van der Waals surface area contributed by atoms with Crippen LogP contribution in [-0.2, 0) is 6.42 Å². The number of ether oxygens (including phenoxy) is 2. The third-order valence-corrected chi connectivity index (χ3v) is 6.52. The van der Waals surface area contributed by atoms with Gasteiger partial charge in [-0.05, 0) is 54.2 Å². The Balaban J connectivity index is 1.27. The maximum Gasteiger partial charge on any atom is 0.162 e. The second-order valence-corrected chi connectivity index (χ2v) is 8.13. The average molecular weight is 363 g/mol. The quantitative estimate of drug-likeness (QED) is 0.858. The van der Waals surface area contributed by atoms with Crippen LogP contribution in [0.3, 0.4) is 0 Å². The Hall–Kier alpha value is -2.24. The molecule has 3 saturated heterocycles. The van der Waals surface area contributed by atoms with Crippen molar-refractivity contribution in [2.24, 2.45) is 0 Å². The van der Waals surface area contributed by atoms with Gasteiger partial charge in [-0.1, -0.05) is 18.2 Å². The maximum absolute atomic E-state index is 6.40. The van der Waals surface area contributed by atoms with Crippen molar-refractivity contribution in [1.82, 2.24) is 10.2 Å². The van der Waals surface area contributed by atoms with Crippen molar-refractivity contribution in [1.29, 1.82) is 0 Å². The lowest BCUT2D eigenvalue weighted by Crippen LogP contribution is -2.55. The van der Waals surface area contributed by atoms with Crippen LogP contribution in [0.4, 0.5) is 5.69 Å². The third-order valence-electron chi connectivity index (χ3n) is 6.52. The fraction of sp³-hybridized carbons (Fsp3) is 0.455. The van der Waals surface area contributed by atoms with Crippen molar-refractivity contribution < 1.29 is 9.47 Å². The van der Waals surface area contributed by atoms with E-state index in [-0.39, 0.29) is 6.10 Å². The summed E-state index contributed by atoms with van der Waals surface area (Å²) in [6, 6.07) is 14.3. The summed E-state index contributed by atoms with van der Waals surface area (Å²) in [4.78, 5) is 2.54. The van der Waals surface area contributed by atoms with E-state index < -0.39 is 0 Å². The van der Waals surface area contributed by atoms with Crippen LogP contribution < -0.4 is 20.1 Å². The minimum absolute atomic E-state index is 0.0507. The van der Waals surface area contributed by atoms with Gasteiger partial charge in [-0.25, -0.2) is 0 Å². The van der Waals surface area contributed by atoms with Crippen LogP contribution in [0.2, 0.25) is 0 Å². The lowest BCUT2D eigenvalue weighted by molar-refractivity contribution is 0.0541. The van der Waals surface area contributed by atoms with E-state index in [1.807, 2.05) is 0 Å². The maximum atomic E-state index is 6.40. The van der Waals surface area contributed by atoms with Gasteiger partial charge in [-0.3, -0.25) is 4.90 Å². The number of anilines is 1. The summed E-state index contributed by atoms with van der Waals surface area (Å²) in [5.41, 5.74) is 5.17. The molecule has 2 aromatic rings. The molecule has 5 aliphatic rings. The van der Waals surface area contributed by atoms with Gasteiger partial charge in [0, 0.05) is 37.5 Å². The summed E-state index contributed by atoms with van der Waals surface area (Å²) in [6.45, 7) is 3.77.